The van der Waals surface area contributed by atoms with E-state index in [1.165, 1.54) is 13.0 Å². The number of hydrogen-bond donors (Lipinski definition) is 1. The van der Waals surface area contributed by atoms with Crippen LogP contribution >= 0.6 is 0 Å². The number of aryl methyl sites for hydroxylation is 1. The lowest BCUT2D eigenvalue weighted by atomic mass is 10.0. The Bertz CT molecular complexity index is 590. The van der Waals surface area contributed by atoms with Gasteiger partial charge in [0.1, 0.15) is 6.07 Å². The highest BCUT2D eigenvalue weighted by Crippen LogP contribution is 2.34. The van der Waals surface area contributed by atoms with Crippen LogP contribution in [0, 0.1) is 18.3 Å². The van der Waals surface area contributed by atoms with E-state index in [0.29, 0.717) is 5.52 Å². The van der Waals surface area contributed by atoms with Gasteiger partial charge < -0.3 is 0 Å². The first-order valence-electron chi connectivity index (χ1n) is 4.39. The minimum atomic E-state index is -4.41. The molecule has 0 unspecified atom stereocenters. The largest absolute Gasteiger partial charge is 0.416 e. The average Bonchev–Trinajstić information content (AvgIpc) is 2.56. The number of H-pyrrole nitrogens is 1. The van der Waals surface area contributed by atoms with Crippen LogP contribution in [-0.2, 0) is 6.18 Å². The number of benzene rings is 1. The third-order valence-electron chi connectivity index (χ3n) is 2.32. The molecule has 0 radical (unpaired) electrons. The van der Waals surface area contributed by atoms with E-state index in [9.17, 15) is 13.2 Å². The molecular weight excluding hydrogens is 219 g/mol. The molecule has 16 heavy (non-hydrogen) atoms. The molecule has 82 valence electrons. The molecule has 0 aliphatic carbocycles. The van der Waals surface area contributed by atoms with E-state index < -0.39 is 11.7 Å². The fraction of sp³-hybridized carbons (Fsp3) is 0.200. The van der Waals surface area contributed by atoms with Gasteiger partial charge in [0.15, 0.2) is 5.69 Å². The highest BCUT2D eigenvalue weighted by Gasteiger charge is 2.33. The monoisotopic (exact) mass is 225 g/mol. The minimum Gasteiger partial charge on any atom is -0.276 e. The van der Waals surface area contributed by atoms with E-state index >= 15 is 0 Å². The van der Waals surface area contributed by atoms with Crippen LogP contribution in [0.4, 0.5) is 13.2 Å². The van der Waals surface area contributed by atoms with Gasteiger partial charge in [-0.2, -0.15) is 23.5 Å². The lowest BCUT2D eigenvalue weighted by Crippen LogP contribution is -2.07. The van der Waals surface area contributed by atoms with Crippen molar-refractivity contribution in [3.8, 4) is 6.07 Å². The van der Waals surface area contributed by atoms with Gasteiger partial charge in [-0.1, -0.05) is 0 Å². The summed E-state index contributed by atoms with van der Waals surface area (Å²) in [5.74, 6) is 0. The van der Waals surface area contributed by atoms with Crippen molar-refractivity contribution in [3.63, 3.8) is 0 Å². The summed E-state index contributed by atoms with van der Waals surface area (Å²) in [5, 5.41) is 15.0. The lowest BCUT2D eigenvalue weighted by Gasteiger charge is -2.09. The van der Waals surface area contributed by atoms with E-state index in [1.807, 2.05) is 0 Å². The second-order valence-electron chi connectivity index (χ2n) is 3.39. The lowest BCUT2D eigenvalue weighted by molar-refractivity contribution is -0.137. The van der Waals surface area contributed by atoms with Crippen molar-refractivity contribution in [1.82, 2.24) is 10.2 Å². The molecule has 0 saturated heterocycles. The van der Waals surface area contributed by atoms with E-state index in [2.05, 4.69) is 10.2 Å². The van der Waals surface area contributed by atoms with Gasteiger partial charge in [-0.15, -0.1) is 0 Å². The zero-order valence-corrected chi connectivity index (χ0v) is 8.18. The Kier molecular flexibility index (Phi) is 2.12. The third-order valence-corrected chi connectivity index (χ3v) is 2.32. The molecule has 3 nitrogen and oxygen atoms in total. The summed E-state index contributed by atoms with van der Waals surface area (Å²) < 4.78 is 37.8. The van der Waals surface area contributed by atoms with Crippen LogP contribution in [0.1, 0.15) is 16.8 Å². The van der Waals surface area contributed by atoms with Gasteiger partial charge in [-0.25, -0.2) is 0 Å². The summed E-state index contributed by atoms with van der Waals surface area (Å²) in [5.41, 5.74) is -0.228. The maximum absolute atomic E-state index is 12.6. The van der Waals surface area contributed by atoms with Crippen LogP contribution in [0.25, 0.3) is 10.9 Å². The van der Waals surface area contributed by atoms with Crippen molar-refractivity contribution in [1.29, 1.82) is 5.26 Å². The predicted octanol–water partition coefficient (Wildman–Crippen LogP) is 2.76. The molecule has 1 aromatic carbocycles. The SMILES string of the molecule is Cc1cc2[nH]nc(C#N)c2cc1C(F)(F)F. The fourth-order valence-electron chi connectivity index (χ4n) is 1.56. The van der Waals surface area contributed by atoms with Gasteiger partial charge >= 0.3 is 6.18 Å². The van der Waals surface area contributed by atoms with Crippen molar-refractivity contribution in [2.45, 2.75) is 13.1 Å². The molecule has 0 fully saturated rings. The topological polar surface area (TPSA) is 52.5 Å². The zero-order valence-electron chi connectivity index (χ0n) is 8.18. The summed E-state index contributed by atoms with van der Waals surface area (Å²) in [7, 11) is 0. The zero-order chi connectivity index (χ0) is 11.9. The first kappa shape index (κ1) is 10.5. The molecule has 0 spiro atoms. The molecule has 1 N–H and O–H groups in total. The second kappa shape index (κ2) is 3.23. The number of halogens is 3. The highest BCUT2D eigenvalue weighted by molar-refractivity contribution is 5.85. The number of nitriles is 1. The van der Waals surface area contributed by atoms with Gasteiger partial charge in [0.2, 0.25) is 0 Å². The van der Waals surface area contributed by atoms with Crippen LogP contribution in [-0.4, -0.2) is 10.2 Å². The molecule has 2 rings (SSSR count). The second-order valence-corrected chi connectivity index (χ2v) is 3.39. The molecule has 6 heteroatoms. The van der Waals surface area contributed by atoms with E-state index in [0.717, 1.165) is 6.07 Å². The van der Waals surface area contributed by atoms with Crippen LogP contribution in [0.5, 0.6) is 0 Å². The smallest absolute Gasteiger partial charge is 0.276 e. The highest BCUT2D eigenvalue weighted by atomic mass is 19.4. The summed E-state index contributed by atoms with van der Waals surface area (Å²) in [6.07, 6.45) is -4.41. The molecule has 0 bridgehead atoms. The van der Waals surface area contributed by atoms with Gasteiger partial charge in [-0.05, 0) is 24.6 Å². The number of fused-ring (bicyclic) bond motifs is 1. The quantitative estimate of drug-likeness (QED) is 0.749. The van der Waals surface area contributed by atoms with E-state index in [1.54, 1.807) is 6.07 Å². The Morgan fingerprint density at radius 3 is 2.62 bits per heavy atom. The number of nitrogens with one attached hydrogen (secondary N) is 1. The normalized spacial score (nSPS) is 11.7. The van der Waals surface area contributed by atoms with Crippen molar-refractivity contribution in [2.75, 3.05) is 0 Å². The van der Waals surface area contributed by atoms with Crippen LogP contribution < -0.4 is 0 Å². The van der Waals surface area contributed by atoms with Gasteiger partial charge in [0.25, 0.3) is 0 Å². The summed E-state index contributed by atoms with van der Waals surface area (Å²) in [6.45, 7) is 1.37. The molecule has 1 aromatic heterocycles. The first-order chi connectivity index (χ1) is 7.43. The van der Waals surface area contributed by atoms with Crippen molar-refractivity contribution in [3.05, 3.63) is 29.0 Å². The number of rotatable bonds is 0. The third kappa shape index (κ3) is 1.50. The van der Waals surface area contributed by atoms with Crippen molar-refractivity contribution < 1.29 is 13.2 Å². The Labute approximate surface area is 88.5 Å². The summed E-state index contributed by atoms with van der Waals surface area (Å²) >= 11 is 0. The molecule has 0 amide bonds. The number of hydrogen-bond acceptors (Lipinski definition) is 2. The molecule has 0 aliphatic rings. The minimum absolute atomic E-state index is 0.0273. The van der Waals surface area contributed by atoms with Gasteiger partial charge in [-0.3, -0.25) is 5.10 Å². The Hall–Kier alpha value is -2.03. The predicted molar refractivity (Wildman–Crippen MR) is 50.5 cm³/mol. The first-order valence-corrected chi connectivity index (χ1v) is 4.39. The van der Waals surface area contributed by atoms with E-state index in [-0.39, 0.29) is 16.6 Å². The maximum Gasteiger partial charge on any atom is 0.416 e. The van der Waals surface area contributed by atoms with Crippen LogP contribution in [0.15, 0.2) is 12.1 Å². The Morgan fingerprint density at radius 2 is 2.06 bits per heavy atom. The molecule has 0 saturated carbocycles. The van der Waals surface area contributed by atoms with Crippen molar-refractivity contribution in [2.24, 2.45) is 0 Å². The van der Waals surface area contributed by atoms with Gasteiger partial charge in [0, 0.05) is 5.39 Å². The Balaban J connectivity index is 2.78. The van der Waals surface area contributed by atoms with Crippen LogP contribution in [0.2, 0.25) is 0 Å². The number of nitrogens with zero attached hydrogens (tertiary/aromatic N) is 2. The van der Waals surface area contributed by atoms with Crippen LogP contribution in [0.3, 0.4) is 0 Å². The summed E-state index contributed by atoms with van der Waals surface area (Å²) in [6, 6.07) is 4.03. The number of alkyl halides is 3. The molecule has 2 aromatic rings. The Morgan fingerprint density at radius 1 is 1.38 bits per heavy atom. The maximum atomic E-state index is 12.6. The van der Waals surface area contributed by atoms with E-state index in [4.69, 9.17) is 5.26 Å². The summed E-state index contributed by atoms with van der Waals surface area (Å²) in [4.78, 5) is 0. The number of aromatic nitrogens is 2. The molecule has 0 atom stereocenters. The average molecular weight is 225 g/mol. The fourth-order valence-corrected chi connectivity index (χ4v) is 1.56. The standard InChI is InChI=1S/C10H6F3N3/c1-5-2-8-6(9(4-14)16-15-8)3-7(5)10(11,12)13/h2-3H,1H3,(H,15,16). The van der Waals surface area contributed by atoms with Gasteiger partial charge in [0.05, 0.1) is 11.1 Å². The number of aromatic amines is 1. The molecular formula is C10H6F3N3. The molecule has 1 heterocycles. The van der Waals surface area contributed by atoms with Crippen molar-refractivity contribution >= 4 is 10.9 Å². The molecule has 0 aliphatic heterocycles.